The summed E-state index contributed by atoms with van der Waals surface area (Å²) in [5.41, 5.74) is 0. The van der Waals surface area contributed by atoms with Crippen LogP contribution in [0.25, 0.3) is 0 Å². The SMILES string of the molecule is COC(=O)C(C)NCCN1CCCC1. The lowest BCUT2D eigenvalue weighted by Crippen LogP contribution is -2.39. The summed E-state index contributed by atoms with van der Waals surface area (Å²) >= 11 is 0. The molecule has 1 fully saturated rings. The lowest BCUT2D eigenvalue weighted by molar-refractivity contribution is -0.142. The van der Waals surface area contributed by atoms with E-state index in [1.807, 2.05) is 6.92 Å². The zero-order valence-electron chi connectivity index (χ0n) is 9.08. The second-order valence-electron chi connectivity index (χ2n) is 3.75. The number of hydrogen-bond acceptors (Lipinski definition) is 4. The van der Waals surface area contributed by atoms with Gasteiger partial charge in [-0.3, -0.25) is 4.79 Å². The molecular weight excluding hydrogens is 180 g/mol. The molecule has 1 aliphatic rings. The molecule has 1 N–H and O–H groups in total. The van der Waals surface area contributed by atoms with Gasteiger partial charge in [0.2, 0.25) is 0 Å². The van der Waals surface area contributed by atoms with Crippen molar-refractivity contribution in [3.63, 3.8) is 0 Å². The van der Waals surface area contributed by atoms with Gasteiger partial charge in [0.05, 0.1) is 7.11 Å². The molecule has 82 valence electrons. The number of nitrogens with one attached hydrogen (secondary N) is 1. The Morgan fingerprint density at radius 3 is 2.71 bits per heavy atom. The van der Waals surface area contributed by atoms with Crippen molar-refractivity contribution in [2.75, 3.05) is 33.3 Å². The van der Waals surface area contributed by atoms with E-state index in [2.05, 4.69) is 15.0 Å². The zero-order valence-corrected chi connectivity index (χ0v) is 9.08. The van der Waals surface area contributed by atoms with Crippen LogP contribution < -0.4 is 5.32 Å². The van der Waals surface area contributed by atoms with Gasteiger partial charge in [-0.05, 0) is 32.9 Å². The molecule has 0 amide bonds. The van der Waals surface area contributed by atoms with E-state index in [-0.39, 0.29) is 12.0 Å². The quantitative estimate of drug-likeness (QED) is 0.645. The molecule has 0 bridgehead atoms. The van der Waals surface area contributed by atoms with Gasteiger partial charge in [-0.15, -0.1) is 0 Å². The zero-order chi connectivity index (χ0) is 10.4. The van der Waals surface area contributed by atoms with Crippen molar-refractivity contribution in [1.29, 1.82) is 0 Å². The van der Waals surface area contributed by atoms with E-state index < -0.39 is 0 Å². The molecule has 1 saturated heterocycles. The number of ether oxygens (including phenoxy) is 1. The van der Waals surface area contributed by atoms with Crippen LogP contribution >= 0.6 is 0 Å². The van der Waals surface area contributed by atoms with E-state index >= 15 is 0 Å². The van der Waals surface area contributed by atoms with Crippen molar-refractivity contribution >= 4 is 5.97 Å². The molecule has 1 aliphatic heterocycles. The fraction of sp³-hybridized carbons (Fsp3) is 0.900. The van der Waals surface area contributed by atoms with Gasteiger partial charge in [0.15, 0.2) is 0 Å². The predicted molar refractivity (Wildman–Crippen MR) is 55.2 cm³/mol. The molecular formula is C10H20N2O2. The van der Waals surface area contributed by atoms with Gasteiger partial charge in [0.1, 0.15) is 6.04 Å². The largest absolute Gasteiger partial charge is 0.468 e. The fourth-order valence-corrected chi connectivity index (χ4v) is 1.71. The highest BCUT2D eigenvalue weighted by Gasteiger charge is 2.14. The van der Waals surface area contributed by atoms with Crippen LogP contribution in [0.3, 0.4) is 0 Å². The van der Waals surface area contributed by atoms with Crippen molar-refractivity contribution in [3.05, 3.63) is 0 Å². The van der Waals surface area contributed by atoms with Crippen molar-refractivity contribution in [3.8, 4) is 0 Å². The number of carbonyl (C=O) groups is 1. The molecule has 0 radical (unpaired) electrons. The van der Waals surface area contributed by atoms with Crippen LogP contribution in [0.4, 0.5) is 0 Å². The van der Waals surface area contributed by atoms with Gasteiger partial charge >= 0.3 is 5.97 Å². The summed E-state index contributed by atoms with van der Waals surface area (Å²) in [7, 11) is 1.42. The summed E-state index contributed by atoms with van der Waals surface area (Å²) in [5.74, 6) is -0.188. The number of carbonyl (C=O) groups excluding carboxylic acids is 1. The van der Waals surface area contributed by atoms with Crippen LogP contribution in [-0.4, -0.2) is 50.2 Å². The number of nitrogens with zero attached hydrogens (tertiary/aromatic N) is 1. The first-order valence-corrected chi connectivity index (χ1v) is 5.27. The predicted octanol–water partition coefficient (Wildman–Crippen LogP) is 0.233. The van der Waals surface area contributed by atoms with Crippen molar-refractivity contribution in [2.45, 2.75) is 25.8 Å². The standard InChI is InChI=1S/C10H20N2O2/c1-9(10(13)14-2)11-5-8-12-6-3-4-7-12/h9,11H,3-8H2,1-2H3. The van der Waals surface area contributed by atoms with Crippen molar-refractivity contribution in [2.24, 2.45) is 0 Å². The van der Waals surface area contributed by atoms with Crippen LogP contribution in [-0.2, 0) is 9.53 Å². The third-order valence-electron chi connectivity index (χ3n) is 2.63. The highest BCUT2D eigenvalue weighted by Crippen LogP contribution is 2.05. The maximum Gasteiger partial charge on any atom is 0.322 e. The number of methoxy groups -OCH3 is 1. The first kappa shape index (κ1) is 11.5. The maximum atomic E-state index is 11.0. The van der Waals surface area contributed by atoms with Crippen LogP contribution in [0.2, 0.25) is 0 Å². The van der Waals surface area contributed by atoms with E-state index in [0.29, 0.717) is 0 Å². The Morgan fingerprint density at radius 1 is 1.50 bits per heavy atom. The van der Waals surface area contributed by atoms with Crippen LogP contribution in [0.5, 0.6) is 0 Å². The van der Waals surface area contributed by atoms with E-state index in [0.717, 1.165) is 13.1 Å². The Kier molecular flexibility index (Phi) is 4.90. The first-order chi connectivity index (χ1) is 6.74. The first-order valence-electron chi connectivity index (χ1n) is 5.27. The Labute approximate surface area is 85.6 Å². The molecule has 4 nitrogen and oxygen atoms in total. The lowest BCUT2D eigenvalue weighted by Gasteiger charge is -2.16. The molecule has 0 aromatic heterocycles. The molecule has 14 heavy (non-hydrogen) atoms. The fourth-order valence-electron chi connectivity index (χ4n) is 1.71. The van der Waals surface area contributed by atoms with Gasteiger partial charge in [-0.1, -0.05) is 0 Å². The second kappa shape index (κ2) is 5.98. The number of hydrogen-bond donors (Lipinski definition) is 1. The molecule has 0 aliphatic carbocycles. The van der Waals surface area contributed by atoms with E-state index in [9.17, 15) is 4.79 Å². The minimum atomic E-state index is -0.192. The van der Waals surface area contributed by atoms with Crippen molar-refractivity contribution < 1.29 is 9.53 Å². The van der Waals surface area contributed by atoms with Crippen LogP contribution in [0, 0.1) is 0 Å². The van der Waals surface area contributed by atoms with Gasteiger partial charge in [-0.2, -0.15) is 0 Å². The molecule has 0 aromatic rings. The summed E-state index contributed by atoms with van der Waals surface area (Å²) in [4.78, 5) is 13.5. The highest BCUT2D eigenvalue weighted by molar-refractivity contribution is 5.74. The average Bonchev–Trinajstić information content (AvgIpc) is 2.69. The van der Waals surface area contributed by atoms with Gasteiger partial charge in [0.25, 0.3) is 0 Å². The van der Waals surface area contributed by atoms with E-state index in [4.69, 9.17) is 0 Å². The summed E-state index contributed by atoms with van der Waals surface area (Å²) < 4.78 is 4.62. The van der Waals surface area contributed by atoms with Crippen LogP contribution in [0.15, 0.2) is 0 Å². The van der Waals surface area contributed by atoms with Gasteiger partial charge in [-0.25, -0.2) is 0 Å². The molecule has 4 heteroatoms. The molecule has 0 spiro atoms. The monoisotopic (exact) mass is 200 g/mol. The Morgan fingerprint density at radius 2 is 2.14 bits per heavy atom. The Balaban J connectivity index is 2.05. The number of esters is 1. The van der Waals surface area contributed by atoms with Crippen molar-refractivity contribution in [1.82, 2.24) is 10.2 Å². The lowest BCUT2D eigenvalue weighted by atomic mass is 10.3. The maximum absolute atomic E-state index is 11.0. The van der Waals surface area contributed by atoms with Gasteiger partial charge < -0.3 is 15.0 Å². The minimum Gasteiger partial charge on any atom is -0.468 e. The average molecular weight is 200 g/mol. The van der Waals surface area contributed by atoms with Gasteiger partial charge in [0, 0.05) is 13.1 Å². The Hall–Kier alpha value is -0.610. The van der Waals surface area contributed by atoms with Crippen LogP contribution in [0.1, 0.15) is 19.8 Å². The summed E-state index contributed by atoms with van der Waals surface area (Å²) in [6.07, 6.45) is 2.62. The minimum absolute atomic E-state index is 0.188. The molecule has 1 unspecified atom stereocenters. The number of likely N-dealkylation sites (tertiary alicyclic amines) is 1. The third kappa shape index (κ3) is 3.64. The smallest absolute Gasteiger partial charge is 0.322 e. The molecule has 1 heterocycles. The summed E-state index contributed by atoms with van der Waals surface area (Å²) in [5, 5.41) is 3.14. The summed E-state index contributed by atoms with van der Waals surface area (Å²) in [6.45, 7) is 6.12. The van der Waals surface area contributed by atoms with E-state index in [1.54, 1.807) is 0 Å². The highest BCUT2D eigenvalue weighted by atomic mass is 16.5. The Bertz CT molecular complexity index is 179. The normalized spacial score (nSPS) is 19.6. The molecule has 0 saturated carbocycles. The molecule has 1 rings (SSSR count). The number of rotatable bonds is 5. The van der Waals surface area contributed by atoms with E-state index in [1.165, 1.54) is 33.0 Å². The summed E-state index contributed by atoms with van der Waals surface area (Å²) in [6, 6.07) is -0.192. The topological polar surface area (TPSA) is 41.6 Å². The second-order valence-corrected chi connectivity index (χ2v) is 3.75. The molecule has 1 atom stereocenters. The molecule has 0 aromatic carbocycles. The third-order valence-corrected chi connectivity index (χ3v) is 2.63.